The fourth-order valence-corrected chi connectivity index (χ4v) is 2.12. The van der Waals surface area contributed by atoms with E-state index in [0.29, 0.717) is 37.3 Å². The molecule has 1 aromatic rings. The highest BCUT2D eigenvalue weighted by Crippen LogP contribution is 2.21. The lowest BCUT2D eigenvalue weighted by molar-refractivity contribution is 0.0923. The van der Waals surface area contributed by atoms with E-state index >= 15 is 0 Å². The van der Waals surface area contributed by atoms with Crippen LogP contribution in [-0.2, 0) is 4.74 Å². The molecule has 1 aliphatic heterocycles. The monoisotopic (exact) mass is 268 g/mol. The summed E-state index contributed by atoms with van der Waals surface area (Å²) in [4.78, 5) is 9.95. The molecule has 1 unspecified atom stereocenters. The number of hydrogen-bond donors (Lipinski definition) is 1. The molecule has 6 heteroatoms. The summed E-state index contributed by atoms with van der Waals surface area (Å²) in [5, 5.41) is 3.36. The Bertz CT molecular complexity index is 427. The van der Waals surface area contributed by atoms with Crippen LogP contribution >= 0.6 is 0 Å². The number of rotatable bonds is 4. The van der Waals surface area contributed by atoms with Gasteiger partial charge in [0.05, 0.1) is 24.9 Å². The average molecular weight is 268 g/mol. The second kappa shape index (κ2) is 6.25. The maximum absolute atomic E-state index is 14.1. The predicted molar refractivity (Wildman–Crippen MR) is 71.8 cm³/mol. The summed E-state index contributed by atoms with van der Waals surface area (Å²) >= 11 is 0. The summed E-state index contributed by atoms with van der Waals surface area (Å²) in [6.07, 6.45) is 1.41. The Morgan fingerprint density at radius 1 is 1.53 bits per heavy atom. The number of halogens is 1. The molecule has 0 radical (unpaired) electrons. The molecule has 1 saturated heterocycles. The van der Waals surface area contributed by atoms with Crippen LogP contribution in [0.25, 0.3) is 0 Å². The molecule has 2 rings (SSSR count). The van der Waals surface area contributed by atoms with Crippen molar-refractivity contribution in [2.45, 2.75) is 32.9 Å². The first-order chi connectivity index (χ1) is 9.09. The third-order valence-electron chi connectivity index (χ3n) is 3.21. The second-order valence-electron chi connectivity index (χ2n) is 5.08. The Kier molecular flexibility index (Phi) is 4.66. The molecule has 1 N–H and O–H groups in total. The number of nitrogens with one attached hydrogen (secondary N) is 1. The fourth-order valence-electron chi connectivity index (χ4n) is 2.12. The van der Waals surface area contributed by atoms with E-state index in [-0.39, 0.29) is 11.9 Å². The minimum absolute atomic E-state index is 0.0972. The van der Waals surface area contributed by atoms with Crippen LogP contribution in [0.4, 0.5) is 10.2 Å². The fraction of sp³-hybridized carbons (Fsp3) is 0.692. The molecule has 1 atom stereocenters. The van der Waals surface area contributed by atoms with Gasteiger partial charge in [-0.15, -0.1) is 0 Å². The highest BCUT2D eigenvalue weighted by molar-refractivity contribution is 5.42. The van der Waals surface area contributed by atoms with Crippen molar-refractivity contribution in [3.63, 3.8) is 0 Å². The topological polar surface area (TPSA) is 50.3 Å². The van der Waals surface area contributed by atoms with Crippen molar-refractivity contribution in [1.82, 2.24) is 15.3 Å². The maximum atomic E-state index is 14.1. The SMILES string of the molecule is Cc1ncnc(N2CCOCC2CNC(C)C)c1F. The lowest BCUT2D eigenvalue weighted by atomic mass is 10.2. The Labute approximate surface area is 113 Å². The van der Waals surface area contributed by atoms with Gasteiger partial charge in [-0.05, 0) is 6.92 Å². The zero-order valence-electron chi connectivity index (χ0n) is 11.7. The van der Waals surface area contributed by atoms with Crippen molar-refractivity contribution < 1.29 is 9.13 Å². The van der Waals surface area contributed by atoms with Gasteiger partial charge in [0.2, 0.25) is 0 Å². The summed E-state index contributed by atoms with van der Waals surface area (Å²) in [6, 6.07) is 0.487. The lowest BCUT2D eigenvalue weighted by Gasteiger charge is -2.37. The number of aromatic nitrogens is 2. The Morgan fingerprint density at radius 2 is 2.32 bits per heavy atom. The van der Waals surface area contributed by atoms with E-state index in [0.717, 1.165) is 6.54 Å². The molecule has 0 amide bonds. The van der Waals surface area contributed by atoms with Crippen molar-refractivity contribution in [2.75, 3.05) is 31.2 Å². The largest absolute Gasteiger partial charge is 0.377 e. The number of nitrogens with zero attached hydrogens (tertiary/aromatic N) is 3. The van der Waals surface area contributed by atoms with Gasteiger partial charge in [0.25, 0.3) is 0 Å². The molecular weight excluding hydrogens is 247 g/mol. The summed E-state index contributed by atoms with van der Waals surface area (Å²) < 4.78 is 19.6. The van der Waals surface area contributed by atoms with Crippen molar-refractivity contribution >= 4 is 5.82 Å². The van der Waals surface area contributed by atoms with E-state index in [1.807, 2.05) is 4.90 Å². The zero-order chi connectivity index (χ0) is 13.8. The highest BCUT2D eigenvalue weighted by atomic mass is 19.1. The molecule has 1 aliphatic rings. The van der Waals surface area contributed by atoms with Crippen LogP contribution in [0.3, 0.4) is 0 Å². The molecule has 5 nitrogen and oxygen atoms in total. The van der Waals surface area contributed by atoms with Crippen LogP contribution in [0, 0.1) is 12.7 Å². The van der Waals surface area contributed by atoms with E-state index in [1.54, 1.807) is 6.92 Å². The van der Waals surface area contributed by atoms with Crippen molar-refractivity contribution in [3.05, 3.63) is 17.8 Å². The van der Waals surface area contributed by atoms with E-state index in [2.05, 4.69) is 29.1 Å². The molecule has 0 spiro atoms. The highest BCUT2D eigenvalue weighted by Gasteiger charge is 2.27. The zero-order valence-corrected chi connectivity index (χ0v) is 11.7. The molecule has 0 bridgehead atoms. The van der Waals surface area contributed by atoms with Crippen LogP contribution < -0.4 is 10.2 Å². The molecule has 19 heavy (non-hydrogen) atoms. The first kappa shape index (κ1) is 14.1. The van der Waals surface area contributed by atoms with Gasteiger partial charge in [-0.2, -0.15) is 0 Å². The first-order valence-corrected chi connectivity index (χ1v) is 6.64. The summed E-state index contributed by atoms with van der Waals surface area (Å²) in [5.41, 5.74) is 0.382. The van der Waals surface area contributed by atoms with Gasteiger partial charge in [0.1, 0.15) is 6.33 Å². The van der Waals surface area contributed by atoms with Crippen LogP contribution in [-0.4, -0.2) is 48.4 Å². The van der Waals surface area contributed by atoms with Crippen molar-refractivity contribution in [2.24, 2.45) is 0 Å². The van der Waals surface area contributed by atoms with Crippen LogP contribution in [0.5, 0.6) is 0 Å². The van der Waals surface area contributed by atoms with Crippen LogP contribution in [0.2, 0.25) is 0 Å². The van der Waals surface area contributed by atoms with Gasteiger partial charge >= 0.3 is 0 Å². The van der Waals surface area contributed by atoms with Crippen LogP contribution in [0.1, 0.15) is 19.5 Å². The molecule has 106 valence electrons. The number of ether oxygens (including phenoxy) is 1. The smallest absolute Gasteiger partial charge is 0.186 e. The summed E-state index contributed by atoms with van der Waals surface area (Å²) in [6.45, 7) is 8.41. The third kappa shape index (κ3) is 3.39. The number of hydrogen-bond acceptors (Lipinski definition) is 5. The molecular formula is C13H21FN4O. The molecule has 2 heterocycles. The minimum Gasteiger partial charge on any atom is -0.377 e. The van der Waals surface area contributed by atoms with Gasteiger partial charge in [0.15, 0.2) is 11.6 Å². The van der Waals surface area contributed by atoms with Gasteiger partial charge in [0, 0.05) is 19.1 Å². The molecule has 1 fully saturated rings. The number of anilines is 1. The van der Waals surface area contributed by atoms with Crippen molar-refractivity contribution in [3.8, 4) is 0 Å². The normalized spacial score (nSPS) is 20.1. The summed E-state index contributed by atoms with van der Waals surface area (Å²) in [7, 11) is 0. The first-order valence-electron chi connectivity index (χ1n) is 6.64. The Morgan fingerprint density at radius 3 is 3.05 bits per heavy atom. The molecule has 0 aliphatic carbocycles. The van der Waals surface area contributed by atoms with Gasteiger partial charge in [-0.1, -0.05) is 13.8 Å². The lowest BCUT2D eigenvalue weighted by Crippen LogP contribution is -2.52. The number of aryl methyl sites for hydroxylation is 1. The van der Waals surface area contributed by atoms with Gasteiger partial charge in [-0.25, -0.2) is 14.4 Å². The van der Waals surface area contributed by atoms with Crippen molar-refractivity contribution in [1.29, 1.82) is 0 Å². The minimum atomic E-state index is -0.334. The summed E-state index contributed by atoms with van der Waals surface area (Å²) in [5.74, 6) is 0.0466. The van der Waals surface area contributed by atoms with Gasteiger partial charge in [-0.3, -0.25) is 0 Å². The van der Waals surface area contributed by atoms with Gasteiger partial charge < -0.3 is 15.0 Å². The standard InChI is InChI=1S/C13H21FN4O/c1-9(2)15-6-11-7-19-5-4-18(11)13-12(14)10(3)16-8-17-13/h8-9,11,15H,4-7H2,1-3H3. The maximum Gasteiger partial charge on any atom is 0.186 e. The molecule has 0 saturated carbocycles. The second-order valence-corrected chi connectivity index (χ2v) is 5.08. The average Bonchev–Trinajstić information content (AvgIpc) is 2.40. The molecule has 0 aromatic carbocycles. The van der Waals surface area contributed by atoms with Crippen LogP contribution in [0.15, 0.2) is 6.33 Å². The Hall–Kier alpha value is -1.27. The van der Waals surface area contributed by atoms with E-state index in [9.17, 15) is 4.39 Å². The van der Waals surface area contributed by atoms with E-state index < -0.39 is 0 Å². The predicted octanol–water partition coefficient (Wildman–Crippen LogP) is 1.13. The Balaban J connectivity index is 2.16. The molecule has 1 aromatic heterocycles. The third-order valence-corrected chi connectivity index (χ3v) is 3.21. The quantitative estimate of drug-likeness (QED) is 0.887. The van der Waals surface area contributed by atoms with E-state index in [1.165, 1.54) is 6.33 Å². The number of morpholine rings is 1. The van der Waals surface area contributed by atoms with E-state index in [4.69, 9.17) is 4.74 Å².